The van der Waals surface area contributed by atoms with E-state index in [9.17, 15) is 4.79 Å². The minimum atomic E-state index is 0. The van der Waals surface area contributed by atoms with Gasteiger partial charge in [-0.15, -0.1) is 12.4 Å². The maximum Gasteiger partial charge on any atom is 0.223 e. The molecular weight excluding hydrogens is 340 g/mol. The van der Waals surface area contributed by atoms with Crippen molar-refractivity contribution in [2.24, 2.45) is 17.6 Å². The zero-order valence-corrected chi connectivity index (χ0v) is 15.6. The maximum atomic E-state index is 12.3. The van der Waals surface area contributed by atoms with Crippen LogP contribution in [0.25, 0.3) is 0 Å². The topological polar surface area (TPSA) is 73.6 Å². The van der Waals surface area contributed by atoms with Crippen molar-refractivity contribution in [1.29, 1.82) is 0 Å². The summed E-state index contributed by atoms with van der Waals surface area (Å²) in [6.45, 7) is 0.355. The molecule has 3 N–H and O–H groups in total. The van der Waals surface area contributed by atoms with Crippen molar-refractivity contribution in [3.63, 3.8) is 0 Å². The van der Waals surface area contributed by atoms with E-state index in [1.165, 1.54) is 19.3 Å². The van der Waals surface area contributed by atoms with Gasteiger partial charge in [0.1, 0.15) is 0 Å². The van der Waals surface area contributed by atoms with E-state index in [2.05, 4.69) is 5.32 Å². The SMILES string of the molecule is COc1ccccc1OCCC(=O)NC1C2CCCC1CC(N)C2.Cl. The average Bonchev–Trinajstić information content (AvgIpc) is 2.56. The summed E-state index contributed by atoms with van der Waals surface area (Å²) >= 11 is 0. The molecule has 2 atom stereocenters. The fourth-order valence-corrected chi connectivity index (χ4v) is 4.27. The molecule has 0 spiro atoms. The van der Waals surface area contributed by atoms with Crippen molar-refractivity contribution in [2.75, 3.05) is 13.7 Å². The molecule has 2 aliphatic carbocycles. The third-order valence-corrected chi connectivity index (χ3v) is 5.36. The lowest BCUT2D eigenvalue weighted by Gasteiger charge is -2.45. The third-order valence-electron chi connectivity index (χ3n) is 5.36. The van der Waals surface area contributed by atoms with E-state index in [1.54, 1.807) is 7.11 Å². The minimum Gasteiger partial charge on any atom is -0.493 e. The van der Waals surface area contributed by atoms with E-state index in [-0.39, 0.29) is 18.3 Å². The summed E-state index contributed by atoms with van der Waals surface area (Å²) in [5, 5.41) is 3.25. The average molecular weight is 369 g/mol. The minimum absolute atomic E-state index is 0. The number of para-hydroxylation sites is 2. The van der Waals surface area contributed by atoms with Gasteiger partial charge < -0.3 is 20.5 Å². The number of hydrogen-bond acceptors (Lipinski definition) is 4. The van der Waals surface area contributed by atoms with Crippen LogP contribution < -0.4 is 20.5 Å². The summed E-state index contributed by atoms with van der Waals surface area (Å²) in [6, 6.07) is 8.10. The molecule has 2 fully saturated rings. The van der Waals surface area contributed by atoms with Crippen LogP contribution in [0, 0.1) is 11.8 Å². The second-order valence-electron chi connectivity index (χ2n) is 7.03. The fourth-order valence-electron chi connectivity index (χ4n) is 4.27. The Morgan fingerprint density at radius 2 is 1.84 bits per heavy atom. The number of amides is 1. The van der Waals surface area contributed by atoms with E-state index in [0.29, 0.717) is 48.4 Å². The Balaban J connectivity index is 0.00000225. The predicted molar refractivity (Wildman–Crippen MR) is 100 cm³/mol. The highest BCUT2D eigenvalue weighted by atomic mass is 35.5. The number of carbonyl (C=O) groups excluding carboxylic acids is 1. The highest BCUT2D eigenvalue weighted by Gasteiger charge is 2.39. The zero-order valence-electron chi connectivity index (χ0n) is 14.8. The van der Waals surface area contributed by atoms with Crippen LogP contribution in [0.2, 0.25) is 0 Å². The largest absolute Gasteiger partial charge is 0.493 e. The lowest BCUT2D eigenvalue weighted by atomic mass is 9.67. The van der Waals surface area contributed by atoms with Gasteiger partial charge in [0.2, 0.25) is 5.91 Å². The molecule has 0 saturated heterocycles. The monoisotopic (exact) mass is 368 g/mol. The first-order valence-corrected chi connectivity index (χ1v) is 8.98. The van der Waals surface area contributed by atoms with Crippen LogP contribution in [0.15, 0.2) is 24.3 Å². The van der Waals surface area contributed by atoms with Crippen molar-refractivity contribution in [3.05, 3.63) is 24.3 Å². The summed E-state index contributed by atoms with van der Waals surface area (Å²) < 4.78 is 10.9. The van der Waals surface area contributed by atoms with Crippen LogP contribution in [0.5, 0.6) is 11.5 Å². The lowest BCUT2D eigenvalue weighted by Crippen LogP contribution is -2.53. The highest BCUT2D eigenvalue weighted by Crippen LogP contribution is 2.39. The van der Waals surface area contributed by atoms with Gasteiger partial charge >= 0.3 is 0 Å². The van der Waals surface area contributed by atoms with Gasteiger partial charge in [-0.05, 0) is 49.7 Å². The number of benzene rings is 1. The van der Waals surface area contributed by atoms with E-state index in [4.69, 9.17) is 15.2 Å². The molecule has 0 heterocycles. The zero-order chi connectivity index (χ0) is 16.9. The first-order chi connectivity index (χ1) is 11.7. The number of ether oxygens (including phenoxy) is 2. The molecule has 6 heteroatoms. The Morgan fingerprint density at radius 1 is 1.20 bits per heavy atom. The quantitative estimate of drug-likeness (QED) is 0.809. The van der Waals surface area contributed by atoms with Crippen molar-refractivity contribution >= 4 is 18.3 Å². The van der Waals surface area contributed by atoms with Gasteiger partial charge in [0.05, 0.1) is 20.1 Å². The number of rotatable bonds is 6. The first kappa shape index (κ1) is 19.9. The Morgan fingerprint density at radius 3 is 2.48 bits per heavy atom. The van der Waals surface area contributed by atoms with Gasteiger partial charge in [-0.3, -0.25) is 4.79 Å². The summed E-state index contributed by atoms with van der Waals surface area (Å²) in [5.41, 5.74) is 6.15. The van der Waals surface area contributed by atoms with Crippen LogP contribution in [-0.2, 0) is 4.79 Å². The summed E-state index contributed by atoms with van der Waals surface area (Å²) in [5.74, 6) is 2.53. The molecule has 1 amide bonds. The molecule has 2 unspecified atom stereocenters. The van der Waals surface area contributed by atoms with E-state index in [1.807, 2.05) is 24.3 Å². The van der Waals surface area contributed by atoms with E-state index < -0.39 is 0 Å². The van der Waals surface area contributed by atoms with Crippen molar-refractivity contribution < 1.29 is 14.3 Å². The molecule has 0 aliphatic heterocycles. The molecule has 2 bridgehead atoms. The standard InChI is InChI=1S/C19H28N2O3.ClH/c1-23-16-7-2-3-8-17(16)24-10-9-18(22)21-19-13-5-4-6-14(19)12-15(20)11-13;/h2-3,7-8,13-15,19H,4-6,9-12,20H2,1H3,(H,21,22);1H. The van der Waals surface area contributed by atoms with Crippen molar-refractivity contribution in [1.82, 2.24) is 5.32 Å². The van der Waals surface area contributed by atoms with Crippen LogP contribution in [-0.4, -0.2) is 31.7 Å². The Hall–Kier alpha value is -1.46. The smallest absolute Gasteiger partial charge is 0.223 e. The molecule has 140 valence electrons. The summed E-state index contributed by atoms with van der Waals surface area (Å²) in [6.07, 6.45) is 6.09. The molecule has 5 nitrogen and oxygen atoms in total. The Kier molecular flexibility index (Phi) is 7.38. The third kappa shape index (κ3) is 5.02. The first-order valence-electron chi connectivity index (χ1n) is 8.98. The number of methoxy groups -OCH3 is 1. The van der Waals surface area contributed by atoms with Crippen LogP contribution in [0.4, 0.5) is 0 Å². The molecule has 2 aliphatic rings. The summed E-state index contributed by atoms with van der Waals surface area (Å²) in [4.78, 5) is 12.3. The van der Waals surface area contributed by atoms with E-state index in [0.717, 1.165) is 12.8 Å². The molecular formula is C19H29ClN2O3. The second-order valence-corrected chi connectivity index (χ2v) is 7.03. The second kappa shape index (κ2) is 9.30. The van der Waals surface area contributed by atoms with Gasteiger partial charge in [-0.2, -0.15) is 0 Å². The van der Waals surface area contributed by atoms with Gasteiger partial charge in [-0.1, -0.05) is 18.6 Å². The fraction of sp³-hybridized carbons (Fsp3) is 0.632. The molecule has 1 aromatic carbocycles. The molecule has 0 aromatic heterocycles. The highest BCUT2D eigenvalue weighted by molar-refractivity contribution is 5.85. The van der Waals surface area contributed by atoms with Gasteiger partial charge in [0, 0.05) is 12.1 Å². The Labute approximate surface area is 156 Å². The van der Waals surface area contributed by atoms with E-state index >= 15 is 0 Å². The van der Waals surface area contributed by atoms with Crippen molar-refractivity contribution in [2.45, 2.75) is 50.6 Å². The van der Waals surface area contributed by atoms with Gasteiger partial charge in [-0.25, -0.2) is 0 Å². The lowest BCUT2D eigenvalue weighted by molar-refractivity contribution is -0.123. The normalized spacial score (nSPS) is 27.8. The van der Waals surface area contributed by atoms with Gasteiger partial charge in [0.25, 0.3) is 0 Å². The van der Waals surface area contributed by atoms with Crippen LogP contribution in [0.1, 0.15) is 38.5 Å². The molecule has 3 rings (SSSR count). The van der Waals surface area contributed by atoms with Crippen LogP contribution >= 0.6 is 12.4 Å². The Bertz CT molecular complexity index is 555. The molecule has 1 aromatic rings. The molecule has 2 saturated carbocycles. The number of hydrogen-bond donors (Lipinski definition) is 2. The maximum absolute atomic E-state index is 12.3. The summed E-state index contributed by atoms with van der Waals surface area (Å²) in [7, 11) is 1.61. The number of fused-ring (bicyclic) bond motifs is 2. The van der Waals surface area contributed by atoms with Crippen molar-refractivity contribution in [3.8, 4) is 11.5 Å². The number of halogens is 1. The van der Waals surface area contributed by atoms with Gasteiger partial charge in [0.15, 0.2) is 11.5 Å². The number of carbonyl (C=O) groups is 1. The molecule has 0 radical (unpaired) electrons. The predicted octanol–water partition coefficient (Wildman–Crippen LogP) is 2.91. The van der Waals surface area contributed by atoms with Crippen LogP contribution in [0.3, 0.4) is 0 Å². The number of nitrogens with one attached hydrogen (secondary N) is 1. The molecule has 25 heavy (non-hydrogen) atoms. The number of nitrogens with two attached hydrogens (primary N) is 1.